The molecule has 0 heterocycles. The van der Waals surface area contributed by atoms with Crippen LogP contribution < -0.4 is 5.73 Å². The van der Waals surface area contributed by atoms with Gasteiger partial charge < -0.3 is 5.73 Å². The summed E-state index contributed by atoms with van der Waals surface area (Å²) in [6.45, 7) is -0.639. The molecule has 1 aromatic carbocycles. The van der Waals surface area contributed by atoms with Crippen LogP contribution in [-0.4, -0.2) is 32.5 Å². The second-order valence-electron chi connectivity index (χ2n) is 3.73. The van der Waals surface area contributed by atoms with Crippen LogP contribution in [-0.2, 0) is 10.0 Å². The fourth-order valence-electron chi connectivity index (χ4n) is 1.29. The number of alkyl halides is 3. The predicted octanol–water partition coefficient (Wildman–Crippen LogP) is 1.84. The number of hydrogen-bond acceptors (Lipinski definition) is 3. The lowest BCUT2D eigenvalue weighted by Crippen LogP contribution is -2.31. The summed E-state index contributed by atoms with van der Waals surface area (Å²) in [7, 11) is -2.89. The van der Waals surface area contributed by atoms with Gasteiger partial charge in [-0.25, -0.2) is 12.7 Å². The van der Waals surface area contributed by atoms with Gasteiger partial charge in [0.25, 0.3) is 0 Å². The van der Waals surface area contributed by atoms with E-state index >= 15 is 0 Å². The number of rotatable bonds is 4. The molecule has 0 saturated heterocycles. The van der Waals surface area contributed by atoms with E-state index in [2.05, 4.69) is 0 Å². The maximum atomic E-state index is 12.0. The number of nitrogen functional groups attached to an aromatic ring is 1. The number of halogens is 3. The van der Waals surface area contributed by atoms with Gasteiger partial charge in [-0.05, 0) is 12.1 Å². The first-order chi connectivity index (χ1) is 8.14. The van der Waals surface area contributed by atoms with Crippen molar-refractivity contribution in [1.82, 2.24) is 4.31 Å². The third-order valence-electron chi connectivity index (χ3n) is 2.32. The first-order valence-electron chi connectivity index (χ1n) is 5.02. The molecule has 102 valence electrons. The van der Waals surface area contributed by atoms with Crippen LogP contribution in [0.15, 0.2) is 29.2 Å². The number of nitrogens with zero attached hydrogens (tertiary/aromatic N) is 1. The van der Waals surface area contributed by atoms with Gasteiger partial charge in [0.2, 0.25) is 10.0 Å². The zero-order valence-corrected chi connectivity index (χ0v) is 10.4. The molecule has 0 aliphatic carbocycles. The smallest absolute Gasteiger partial charge is 0.390 e. The van der Waals surface area contributed by atoms with Gasteiger partial charge in [0, 0.05) is 13.6 Å². The topological polar surface area (TPSA) is 63.4 Å². The SMILES string of the molecule is CN(CCC(F)(F)F)S(=O)(=O)c1ccccc1N. The predicted molar refractivity (Wildman–Crippen MR) is 61.3 cm³/mol. The Kier molecular flexibility index (Phi) is 4.23. The minimum atomic E-state index is -4.40. The van der Waals surface area contributed by atoms with Crippen molar-refractivity contribution >= 4 is 15.7 Å². The van der Waals surface area contributed by atoms with E-state index in [-0.39, 0.29) is 10.6 Å². The molecule has 8 heteroatoms. The second kappa shape index (κ2) is 5.15. The van der Waals surface area contributed by atoms with Crippen LogP contribution in [0.2, 0.25) is 0 Å². The van der Waals surface area contributed by atoms with Gasteiger partial charge in [0.15, 0.2) is 0 Å². The maximum Gasteiger partial charge on any atom is 0.390 e. The molecular formula is C10H13F3N2O2S. The summed E-state index contributed by atoms with van der Waals surface area (Å²) in [4.78, 5) is -0.185. The summed E-state index contributed by atoms with van der Waals surface area (Å²) < 4.78 is 60.7. The minimum absolute atomic E-state index is 0.0105. The molecule has 1 rings (SSSR count). The molecule has 0 radical (unpaired) electrons. The van der Waals surface area contributed by atoms with Gasteiger partial charge in [-0.3, -0.25) is 0 Å². The average molecular weight is 282 g/mol. The Morgan fingerprint density at radius 2 is 1.83 bits per heavy atom. The highest BCUT2D eigenvalue weighted by Crippen LogP contribution is 2.24. The molecule has 0 fully saturated rings. The number of hydrogen-bond donors (Lipinski definition) is 1. The van der Waals surface area contributed by atoms with E-state index in [1.54, 1.807) is 6.07 Å². The number of para-hydroxylation sites is 1. The van der Waals surface area contributed by atoms with Crippen LogP contribution in [0.25, 0.3) is 0 Å². The van der Waals surface area contributed by atoms with Crippen molar-refractivity contribution in [2.24, 2.45) is 0 Å². The Hall–Kier alpha value is -1.28. The molecule has 0 aliphatic rings. The Morgan fingerprint density at radius 1 is 1.28 bits per heavy atom. The fraction of sp³-hybridized carbons (Fsp3) is 0.400. The largest absolute Gasteiger partial charge is 0.398 e. The third kappa shape index (κ3) is 3.61. The molecule has 0 atom stereocenters. The lowest BCUT2D eigenvalue weighted by Gasteiger charge is -2.18. The lowest BCUT2D eigenvalue weighted by atomic mass is 10.3. The molecule has 18 heavy (non-hydrogen) atoms. The molecular weight excluding hydrogens is 269 g/mol. The Labute approximate surface area is 103 Å². The Morgan fingerprint density at radius 3 is 2.33 bits per heavy atom. The zero-order valence-electron chi connectivity index (χ0n) is 9.61. The minimum Gasteiger partial charge on any atom is -0.398 e. The number of anilines is 1. The van der Waals surface area contributed by atoms with Crippen molar-refractivity contribution in [3.8, 4) is 0 Å². The number of nitrogens with two attached hydrogens (primary N) is 1. The normalized spacial score (nSPS) is 12.9. The van der Waals surface area contributed by atoms with E-state index in [0.29, 0.717) is 4.31 Å². The second-order valence-corrected chi connectivity index (χ2v) is 5.74. The van der Waals surface area contributed by atoms with E-state index < -0.39 is 29.2 Å². The van der Waals surface area contributed by atoms with E-state index in [1.165, 1.54) is 18.2 Å². The highest BCUT2D eigenvalue weighted by molar-refractivity contribution is 7.89. The van der Waals surface area contributed by atoms with E-state index in [9.17, 15) is 21.6 Å². The summed E-state index contributed by atoms with van der Waals surface area (Å²) in [5.41, 5.74) is 5.51. The number of benzene rings is 1. The summed E-state index contributed by atoms with van der Waals surface area (Å²) in [6, 6.07) is 5.64. The fourth-order valence-corrected chi connectivity index (χ4v) is 2.57. The van der Waals surface area contributed by atoms with Crippen molar-refractivity contribution in [3.05, 3.63) is 24.3 Å². The molecule has 2 N–H and O–H groups in total. The monoisotopic (exact) mass is 282 g/mol. The lowest BCUT2D eigenvalue weighted by molar-refractivity contribution is -0.135. The highest BCUT2D eigenvalue weighted by atomic mass is 32.2. The molecule has 0 spiro atoms. The van der Waals surface area contributed by atoms with Gasteiger partial charge in [-0.2, -0.15) is 13.2 Å². The summed E-state index contributed by atoms with van der Waals surface area (Å²) >= 11 is 0. The highest BCUT2D eigenvalue weighted by Gasteiger charge is 2.30. The summed E-state index contributed by atoms with van der Waals surface area (Å²) in [6.07, 6.45) is -5.60. The van der Waals surface area contributed by atoms with Gasteiger partial charge in [0.05, 0.1) is 12.1 Å². The van der Waals surface area contributed by atoms with Crippen molar-refractivity contribution < 1.29 is 21.6 Å². The zero-order chi connectivity index (χ0) is 14.0. The van der Waals surface area contributed by atoms with Gasteiger partial charge in [-0.15, -0.1) is 0 Å². The Bertz CT molecular complexity index is 514. The summed E-state index contributed by atoms with van der Waals surface area (Å²) in [5, 5.41) is 0. The molecule has 0 saturated carbocycles. The molecule has 4 nitrogen and oxygen atoms in total. The number of sulfonamides is 1. The molecule has 0 unspecified atom stereocenters. The first-order valence-corrected chi connectivity index (χ1v) is 6.46. The molecule has 0 aliphatic heterocycles. The average Bonchev–Trinajstić information content (AvgIpc) is 2.25. The summed E-state index contributed by atoms with van der Waals surface area (Å²) in [5.74, 6) is 0. The van der Waals surface area contributed by atoms with Crippen LogP contribution in [0.5, 0.6) is 0 Å². The molecule has 0 aromatic heterocycles. The third-order valence-corrected chi connectivity index (χ3v) is 4.25. The quantitative estimate of drug-likeness (QED) is 0.857. The molecule has 0 bridgehead atoms. The van der Waals surface area contributed by atoms with Crippen LogP contribution in [0.3, 0.4) is 0 Å². The standard InChI is InChI=1S/C10H13F3N2O2S/c1-15(7-6-10(11,12)13)18(16,17)9-5-3-2-4-8(9)14/h2-5H,6-7,14H2,1H3. The molecule has 0 amide bonds. The van der Waals surface area contributed by atoms with Crippen molar-refractivity contribution in [2.75, 3.05) is 19.3 Å². The van der Waals surface area contributed by atoms with E-state index in [1.807, 2.05) is 0 Å². The van der Waals surface area contributed by atoms with Crippen molar-refractivity contribution in [1.29, 1.82) is 0 Å². The van der Waals surface area contributed by atoms with Crippen molar-refractivity contribution in [2.45, 2.75) is 17.5 Å². The van der Waals surface area contributed by atoms with Crippen LogP contribution >= 0.6 is 0 Å². The van der Waals surface area contributed by atoms with Crippen LogP contribution in [0.4, 0.5) is 18.9 Å². The maximum absolute atomic E-state index is 12.0. The van der Waals surface area contributed by atoms with Crippen molar-refractivity contribution in [3.63, 3.8) is 0 Å². The Balaban J connectivity index is 2.91. The first kappa shape index (κ1) is 14.8. The van der Waals surface area contributed by atoms with Crippen LogP contribution in [0.1, 0.15) is 6.42 Å². The molecule has 1 aromatic rings. The van der Waals surface area contributed by atoms with Gasteiger partial charge in [0.1, 0.15) is 4.90 Å². The van der Waals surface area contributed by atoms with E-state index in [0.717, 1.165) is 7.05 Å². The van der Waals surface area contributed by atoms with Crippen LogP contribution in [0, 0.1) is 0 Å². The van der Waals surface area contributed by atoms with Gasteiger partial charge in [-0.1, -0.05) is 12.1 Å². The van der Waals surface area contributed by atoms with E-state index in [4.69, 9.17) is 5.73 Å². The van der Waals surface area contributed by atoms with Gasteiger partial charge >= 0.3 is 6.18 Å².